The van der Waals surface area contributed by atoms with E-state index in [9.17, 15) is 22.8 Å². The molecule has 1 aromatic carbocycles. The van der Waals surface area contributed by atoms with Crippen LogP contribution < -0.4 is 20.5 Å². The number of rotatable bonds is 6. The van der Waals surface area contributed by atoms with Crippen molar-refractivity contribution in [2.75, 3.05) is 38.1 Å². The van der Waals surface area contributed by atoms with E-state index in [-0.39, 0.29) is 22.7 Å². The molecule has 1 aliphatic heterocycles. The van der Waals surface area contributed by atoms with E-state index in [1.165, 1.54) is 32.2 Å². The Labute approximate surface area is 192 Å². The molecule has 0 spiro atoms. The van der Waals surface area contributed by atoms with Gasteiger partial charge in [-0.05, 0) is 36.8 Å². The van der Waals surface area contributed by atoms with Gasteiger partial charge in [-0.25, -0.2) is 9.97 Å². The Morgan fingerprint density at radius 1 is 1.21 bits per heavy atom. The fourth-order valence-electron chi connectivity index (χ4n) is 3.91. The number of benzene rings is 1. The summed E-state index contributed by atoms with van der Waals surface area (Å²) < 4.78 is 45.0. The standard InChI is InChI=1S/C22H23F3N6O3/c1-12-20(32)29-15-9-13(10-17(18(15)27-12)34-22(24)25)11-30-5-7-31(8-6-30)16-4-3-14(21(33)26-2)28-19(16)23/h3-4,9-10,22H,5-8,11H2,1-2H3,(H,26,33)(H,29,32). The minimum atomic E-state index is -3.03. The Hall–Kier alpha value is -3.67. The Morgan fingerprint density at radius 3 is 2.59 bits per heavy atom. The number of alkyl halides is 2. The van der Waals surface area contributed by atoms with Gasteiger partial charge in [-0.2, -0.15) is 13.2 Å². The molecule has 0 atom stereocenters. The number of nitrogens with zero attached hydrogens (tertiary/aromatic N) is 4. The van der Waals surface area contributed by atoms with Crippen molar-refractivity contribution in [3.63, 3.8) is 0 Å². The molecule has 1 saturated heterocycles. The average Bonchev–Trinajstić information content (AvgIpc) is 2.80. The first-order valence-corrected chi connectivity index (χ1v) is 10.6. The number of hydrogen-bond acceptors (Lipinski definition) is 7. The number of amides is 1. The van der Waals surface area contributed by atoms with Crippen molar-refractivity contribution in [2.24, 2.45) is 0 Å². The van der Waals surface area contributed by atoms with E-state index < -0.39 is 24.0 Å². The third-order valence-electron chi connectivity index (χ3n) is 5.62. The van der Waals surface area contributed by atoms with Crippen LogP contribution in [0.15, 0.2) is 29.1 Å². The van der Waals surface area contributed by atoms with E-state index in [1.807, 2.05) is 4.90 Å². The molecule has 1 amide bonds. The maximum absolute atomic E-state index is 14.5. The Kier molecular flexibility index (Phi) is 6.68. The first-order valence-electron chi connectivity index (χ1n) is 10.6. The molecule has 0 unspecified atom stereocenters. The topological polar surface area (TPSA) is 103 Å². The quantitative estimate of drug-likeness (QED) is 0.525. The van der Waals surface area contributed by atoms with Crippen LogP contribution in [-0.2, 0) is 6.54 Å². The minimum absolute atomic E-state index is 0.00300. The number of H-pyrrole nitrogens is 1. The molecule has 0 aliphatic carbocycles. The molecule has 0 saturated carbocycles. The van der Waals surface area contributed by atoms with E-state index in [0.29, 0.717) is 49.5 Å². The number of fused-ring (bicyclic) bond motifs is 1. The van der Waals surface area contributed by atoms with Crippen LogP contribution in [0.2, 0.25) is 0 Å². The van der Waals surface area contributed by atoms with Gasteiger partial charge in [-0.3, -0.25) is 14.5 Å². The van der Waals surface area contributed by atoms with E-state index in [1.54, 1.807) is 6.07 Å². The van der Waals surface area contributed by atoms with Crippen LogP contribution in [0.1, 0.15) is 21.7 Å². The number of halogens is 3. The van der Waals surface area contributed by atoms with Gasteiger partial charge in [0.15, 0.2) is 5.75 Å². The van der Waals surface area contributed by atoms with Crippen LogP contribution in [0.25, 0.3) is 11.0 Å². The van der Waals surface area contributed by atoms with Gasteiger partial charge in [-0.1, -0.05) is 0 Å². The summed E-state index contributed by atoms with van der Waals surface area (Å²) >= 11 is 0. The zero-order valence-corrected chi connectivity index (χ0v) is 18.6. The van der Waals surface area contributed by atoms with E-state index in [2.05, 4.69) is 29.9 Å². The fraction of sp³-hybridized carbons (Fsp3) is 0.364. The van der Waals surface area contributed by atoms with Crippen molar-refractivity contribution in [2.45, 2.75) is 20.1 Å². The number of anilines is 1. The molecule has 0 bridgehead atoms. The molecule has 2 N–H and O–H groups in total. The second kappa shape index (κ2) is 9.67. The molecule has 12 heteroatoms. The van der Waals surface area contributed by atoms with Gasteiger partial charge >= 0.3 is 6.61 Å². The van der Waals surface area contributed by atoms with Gasteiger partial charge in [0.05, 0.1) is 11.2 Å². The van der Waals surface area contributed by atoms with Crippen molar-refractivity contribution in [3.8, 4) is 5.75 Å². The number of hydrogen-bond donors (Lipinski definition) is 2. The predicted octanol–water partition coefficient (Wildman–Crippen LogP) is 2.05. The number of ether oxygens (including phenoxy) is 1. The van der Waals surface area contributed by atoms with Gasteiger partial charge in [0.1, 0.15) is 16.9 Å². The third-order valence-corrected chi connectivity index (χ3v) is 5.62. The molecule has 4 rings (SSSR count). The van der Waals surface area contributed by atoms with E-state index in [4.69, 9.17) is 0 Å². The van der Waals surface area contributed by atoms with E-state index in [0.717, 1.165) is 0 Å². The van der Waals surface area contributed by atoms with Crippen LogP contribution in [0, 0.1) is 12.9 Å². The summed E-state index contributed by atoms with van der Waals surface area (Å²) in [5.74, 6) is -1.29. The summed E-state index contributed by atoms with van der Waals surface area (Å²) in [5, 5.41) is 2.41. The number of nitrogens with one attached hydrogen (secondary N) is 2. The van der Waals surface area contributed by atoms with Crippen molar-refractivity contribution in [3.05, 3.63) is 57.5 Å². The molecular weight excluding hydrogens is 453 g/mol. The summed E-state index contributed by atoms with van der Waals surface area (Å²) in [6.45, 7) is 1.02. The van der Waals surface area contributed by atoms with Crippen LogP contribution in [-0.4, -0.2) is 65.6 Å². The Bertz CT molecular complexity index is 1270. The van der Waals surface area contributed by atoms with Crippen molar-refractivity contribution < 1.29 is 22.7 Å². The smallest absolute Gasteiger partial charge is 0.387 e. The van der Waals surface area contributed by atoms with Gasteiger partial charge in [0, 0.05) is 39.8 Å². The molecule has 180 valence electrons. The van der Waals surface area contributed by atoms with Crippen LogP contribution in [0.4, 0.5) is 18.9 Å². The largest absolute Gasteiger partial charge is 0.432 e. The number of carbonyl (C=O) groups is 1. The lowest BCUT2D eigenvalue weighted by atomic mass is 10.1. The summed E-state index contributed by atoms with van der Waals surface area (Å²) in [5.41, 5.74) is 1.20. The highest BCUT2D eigenvalue weighted by molar-refractivity contribution is 5.92. The van der Waals surface area contributed by atoms with Crippen molar-refractivity contribution in [1.29, 1.82) is 0 Å². The van der Waals surface area contributed by atoms with Crippen molar-refractivity contribution in [1.82, 2.24) is 25.2 Å². The fourth-order valence-corrected chi connectivity index (χ4v) is 3.91. The lowest BCUT2D eigenvalue weighted by Gasteiger charge is -2.36. The maximum atomic E-state index is 14.5. The molecule has 9 nitrogen and oxygen atoms in total. The zero-order chi connectivity index (χ0) is 24.4. The molecule has 1 fully saturated rings. The van der Waals surface area contributed by atoms with E-state index >= 15 is 0 Å². The zero-order valence-electron chi connectivity index (χ0n) is 18.6. The Balaban J connectivity index is 1.49. The second-order valence-corrected chi connectivity index (χ2v) is 7.87. The molecule has 0 radical (unpaired) electrons. The molecular formula is C22H23F3N6O3. The van der Waals surface area contributed by atoms with Crippen LogP contribution in [0.3, 0.4) is 0 Å². The summed E-state index contributed by atoms with van der Waals surface area (Å²) in [4.78, 5) is 38.0. The lowest BCUT2D eigenvalue weighted by Crippen LogP contribution is -2.46. The van der Waals surface area contributed by atoms with Crippen LogP contribution in [0.5, 0.6) is 5.75 Å². The molecule has 2 aromatic heterocycles. The summed E-state index contributed by atoms with van der Waals surface area (Å²) in [7, 11) is 1.45. The maximum Gasteiger partial charge on any atom is 0.387 e. The van der Waals surface area contributed by atoms with Crippen LogP contribution >= 0.6 is 0 Å². The van der Waals surface area contributed by atoms with Crippen molar-refractivity contribution >= 4 is 22.6 Å². The average molecular weight is 476 g/mol. The summed E-state index contributed by atoms with van der Waals surface area (Å²) in [6, 6.07) is 6.19. The lowest BCUT2D eigenvalue weighted by molar-refractivity contribution is -0.0489. The summed E-state index contributed by atoms with van der Waals surface area (Å²) in [6.07, 6.45) is 0. The first-order chi connectivity index (χ1) is 16.2. The highest BCUT2D eigenvalue weighted by Gasteiger charge is 2.22. The number of aromatic amines is 1. The molecule has 34 heavy (non-hydrogen) atoms. The normalized spacial score (nSPS) is 14.6. The number of piperazine rings is 1. The first kappa shape index (κ1) is 23.5. The second-order valence-electron chi connectivity index (χ2n) is 7.87. The third kappa shape index (κ3) is 4.96. The Morgan fingerprint density at radius 2 is 1.94 bits per heavy atom. The number of carbonyl (C=O) groups excluding carboxylic acids is 1. The monoisotopic (exact) mass is 476 g/mol. The van der Waals surface area contributed by atoms with Gasteiger partial charge in [0.25, 0.3) is 11.5 Å². The van der Waals surface area contributed by atoms with Gasteiger partial charge < -0.3 is 19.9 Å². The molecule has 3 heterocycles. The number of pyridine rings is 1. The van der Waals surface area contributed by atoms with Gasteiger partial charge in [0.2, 0.25) is 5.95 Å². The minimum Gasteiger partial charge on any atom is -0.432 e. The SMILES string of the molecule is CNC(=O)c1ccc(N2CCN(Cc3cc(OC(F)F)c4nc(C)c(=O)[nH]c4c3)CC2)c(F)n1. The predicted molar refractivity (Wildman–Crippen MR) is 119 cm³/mol. The number of aryl methyl sites for hydroxylation is 1. The highest BCUT2D eigenvalue weighted by Crippen LogP contribution is 2.27. The number of aromatic nitrogens is 3. The highest BCUT2D eigenvalue weighted by atomic mass is 19.3. The van der Waals surface area contributed by atoms with Gasteiger partial charge in [-0.15, -0.1) is 0 Å². The molecule has 3 aromatic rings. The molecule has 1 aliphatic rings.